The predicted octanol–water partition coefficient (Wildman–Crippen LogP) is 3.42. The minimum Gasteiger partial charge on any atom is -0.494 e. The number of ether oxygens (including phenoxy) is 1. The van der Waals surface area contributed by atoms with Gasteiger partial charge in [-0.3, -0.25) is 4.79 Å². The van der Waals surface area contributed by atoms with Crippen molar-refractivity contribution in [2.45, 2.75) is 6.00 Å². The lowest BCUT2D eigenvalue weighted by Crippen LogP contribution is -2.20. The third-order valence-corrected chi connectivity index (χ3v) is 3.27. The van der Waals surface area contributed by atoms with Crippen LogP contribution in [0.1, 0.15) is 0 Å². The number of halogens is 3. The van der Waals surface area contributed by atoms with E-state index in [1.54, 1.807) is 18.2 Å². The third kappa shape index (κ3) is 2.86. The van der Waals surface area contributed by atoms with Crippen LogP contribution in [-0.2, 0) is 6.00 Å². The zero-order chi connectivity index (χ0) is 14.0. The van der Waals surface area contributed by atoms with Crippen molar-refractivity contribution in [3.05, 3.63) is 44.7 Å². The van der Waals surface area contributed by atoms with Gasteiger partial charge in [-0.15, -0.1) is 11.6 Å². The number of nitrogens with zero attached hydrogens (tertiary/aromatic N) is 2. The summed E-state index contributed by atoms with van der Waals surface area (Å²) in [6.07, 6.45) is 0. The van der Waals surface area contributed by atoms with E-state index in [1.165, 1.54) is 13.2 Å². The topological polar surface area (TPSA) is 44.1 Å². The van der Waals surface area contributed by atoms with Crippen molar-refractivity contribution >= 4 is 34.8 Å². The molecule has 1 aromatic carbocycles. The molecular weight excluding hydrogens is 311 g/mol. The van der Waals surface area contributed by atoms with Crippen LogP contribution >= 0.6 is 34.8 Å². The number of alkyl halides is 1. The van der Waals surface area contributed by atoms with Crippen LogP contribution < -0.4 is 10.3 Å². The second-order valence-corrected chi connectivity index (χ2v) is 4.70. The van der Waals surface area contributed by atoms with Gasteiger partial charge in [-0.25, -0.2) is 4.68 Å². The Balaban J connectivity index is 2.56. The highest BCUT2D eigenvalue weighted by Gasteiger charge is 2.11. The van der Waals surface area contributed by atoms with Gasteiger partial charge in [-0.1, -0.05) is 23.2 Å². The first-order valence-electron chi connectivity index (χ1n) is 5.24. The lowest BCUT2D eigenvalue weighted by atomic mass is 10.1. The smallest absolute Gasteiger partial charge is 0.267 e. The molecule has 4 nitrogen and oxygen atoms in total. The van der Waals surface area contributed by atoms with Crippen LogP contribution in [0.5, 0.6) is 5.75 Å². The maximum atomic E-state index is 11.4. The summed E-state index contributed by atoms with van der Waals surface area (Å²) >= 11 is 17.7. The van der Waals surface area contributed by atoms with E-state index in [0.29, 0.717) is 27.1 Å². The molecule has 0 unspecified atom stereocenters. The zero-order valence-electron chi connectivity index (χ0n) is 9.86. The molecule has 0 N–H and O–H groups in total. The Morgan fingerprint density at radius 2 is 1.89 bits per heavy atom. The minimum absolute atomic E-state index is 0.0235. The number of rotatable bonds is 3. The first kappa shape index (κ1) is 14.2. The van der Waals surface area contributed by atoms with E-state index in [0.717, 1.165) is 4.68 Å². The van der Waals surface area contributed by atoms with Gasteiger partial charge in [0.1, 0.15) is 6.00 Å². The van der Waals surface area contributed by atoms with Gasteiger partial charge in [0, 0.05) is 11.6 Å². The van der Waals surface area contributed by atoms with Crippen molar-refractivity contribution in [3.63, 3.8) is 0 Å². The quantitative estimate of drug-likeness (QED) is 0.814. The summed E-state index contributed by atoms with van der Waals surface area (Å²) in [7, 11) is 1.48. The van der Waals surface area contributed by atoms with Gasteiger partial charge in [-0.05, 0) is 18.2 Å². The number of benzene rings is 1. The molecule has 0 aliphatic rings. The van der Waals surface area contributed by atoms with Gasteiger partial charge < -0.3 is 4.74 Å². The Labute approximate surface area is 124 Å². The largest absolute Gasteiger partial charge is 0.494 e. The average molecular weight is 320 g/mol. The summed E-state index contributed by atoms with van der Waals surface area (Å²) in [6, 6.07) is 6.27. The molecule has 0 saturated heterocycles. The van der Waals surface area contributed by atoms with Crippen molar-refractivity contribution in [3.8, 4) is 17.0 Å². The Hall–Kier alpha value is -1.23. The van der Waals surface area contributed by atoms with Gasteiger partial charge in [0.15, 0.2) is 5.75 Å². The molecule has 0 amide bonds. The molecule has 0 atom stereocenters. The molecule has 0 aliphatic heterocycles. The maximum Gasteiger partial charge on any atom is 0.267 e. The molecule has 2 aromatic rings. The molecule has 1 aromatic heterocycles. The van der Waals surface area contributed by atoms with Crippen LogP contribution in [0.15, 0.2) is 29.1 Å². The fourth-order valence-corrected chi connectivity index (χ4v) is 2.40. The van der Waals surface area contributed by atoms with Gasteiger partial charge in [0.05, 0.1) is 22.8 Å². The summed E-state index contributed by atoms with van der Waals surface area (Å²) in [6.45, 7) is 0. The Morgan fingerprint density at radius 1 is 1.26 bits per heavy atom. The van der Waals surface area contributed by atoms with E-state index in [9.17, 15) is 4.79 Å². The van der Waals surface area contributed by atoms with E-state index in [1.807, 2.05) is 0 Å². The van der Waals surface area contributed by atoms with E-state index < -0.39 is 0 Å². The fraction of sp³-hybridized carbons (Fsp3) is 0.167. The van der Waals surface area contributed by atoms with Crippen molar-refractivity contribution < 1.29 is 4.74 Å². The SMILES string of the molecule is COc1c(Cl)cc(-c2ccc(=O)n(CCl)n2)cc1Cl. The molecule has 0 fully saturated rings. The molecule has 7 heteroatoms. The van der Waals surface area contributed by atoms with Crippen molar-refractivity contribution in [2.24, 2.45) is 0 Å². The summed E-state index contributed by atoms with van der Waals surface area (Å²) < 4.78 is 6.21. The zero-order valence-corrected chi connectivity index (χ0v) is 12.1. The van der Waals surface area contributed by atoms with Gasteiger partial charge >= 0.3 is 0 Å². The van der Waals surface area contributed by atoms with Crippen LogP contribution in [0.3, 0.4) is 0 Å². The normalized spacial score (nSPS) is 10.5. The first-order valence-corrected chi connectivity index (χ1v) is 6.53. The lowest BCUT2D eigenvalue weighted by Gasteiger charge is -2.09. The third-order valence-electron chi connectivity index (χ3n) is 2.48. The van der Waals surface area contributed by atoms with E-state index in [-0.39, 0.29) is 11.6 Å². The Bertz CT molecular complexity index is 647. The van der Waals surface area contributed by atoms with Crippen LogP contribution in [-0.4, -0.2) is 16.9 Å². The highest BCUT2D eigenvalue weighted by molar-refractivity contribution is 6.37. The molecule has 0 bridgehead atoms. The highest BCUT2D eigenvalue weighted by atomic mass is 35.5. The number of methoxy groups -OCH3 is 1. The van der Waals surface area contributed by atoms with Crippen molar-refractivity contribution in [2.75, 3.05) is 7.11 Å². The number of aromatic nitrogens is 2. The summed E-state index contributed by atoms with van der Waals surface area (Å²) in [5.41, 5.74) is 0.950. The maximum absolute atomic E-state index is 11.4. The van der Waals surface area contributed by atoms with Crippen LogP contribution in [0.25, 0.3) is 11.3 Å². The molecule has 2 rings (SSSR count). The molecule has 0 saturated carbocycles. The van der Waals surface area contributed by atoms with E-state index in [4.69, 9.17) is 39.5 Å². The molecular formula is C12H9Cl3N2O2. The van der Waals surface area contributed by atoms with E-state index >= 15 is 0 Å². The van der Waals surface area contributed by atoms with Gasteiger partial charge in [-0.2, -0.15) is 5.10 Å². The monoisotopic (exact) mass is 318 g/mol. The molecule has 0 spiro atoms. The second kappa shape index (κ2) is 5.82. The number of hydrogen-bond acceptors (Lipinski definition) is 3. The predicted molar refractivity (Wildman–Crippen MR) is 76.4 cm³/mol. The van der Waals surface area contributed by atoms with Crippen LogP contribution in [0.4, 0.5) is 0 Å². The standard InChI is InChI=1S/C12H9Cl3N2O2/c1-19-12-8(14)4-7(5-9(12)15)10-2-3-11(18)17(6-13)16-10/h2-5H,6H2,1H3. The lowest BCUT2D eigenvalue weighted by molar-refractivity contribution is 0.415. The summed E-state index contributed by atoms with van der Waals surface area (Å²) in [5.74, 6) is 0.401. The molecule has 0 radical (unpaired) electrons. The highest BCUT2D eigenvalue weighted by Crippen LogP contribution is 2.36. The van der Waals surface area contributed by atoms with E-state index in [2.05, 4.69) is 5.10 Å². The average Bonchev–Trinajstić information content (AvgIpc) is 2.39. The number of hydrogen-bond donors (Lipinski definition) is 0. The van der Waals surface area contributed by atoms with Crippen molar-refractivity contribution in [1.82, 2.24) is 9.78 Å². The summed E-state index contributed by atoms with van der Waals surface area (Å²) in [4.78, 5) is 11.4. The summed E-state index contributed by atoms with van der Waals surface area (Å²) in [5, 5.41) is 4.85. The minimum atomic E-state index is -0.274. The first-order chi connectivity index (χ1) is 9.06. The molecule has 100 valence electrons. The molecule has 0 aliphatic carbocycles. The van der Waals surface area contributed by atoms with Crippen LogP contribution in [0.2, 0.25) is 10.0 Å². The van der Waals surface area contributed by atoms with Gasteiger partial charge in [0.2, 0.25) is 0 Å². The molecule has 19 heavy (non-hydrogen) atoms. The Kier molecular flexibility index (Phi) is 4.34. The van der Waals surface area contributed by atoms with Gasteiger partial charge in [0.25, 0.3) is 5.56 Å². The molecule has 1 heterocycles. The fourth-order valence-electron chi connectivity index (χ4n) is 1.59. The second-order valence-electron chi connectivity index (χ2n) is 3.65. The van der Waals surface area contributed by atoms with Crippen LogP contribution in [0, 0.1) is 0 Å². The van der Waals surface area contributed by atoms with Crippen molar-refractivity contribution in [1.29, 1.82) is 0 Å². The Morgan fingerprint density at radius 3 is 2.42 bits per heavy atom.